The second kappa shape index (κ2) is 5.00. The van der Waals surface area contributed by atoms with Crippen molar-refractivity contribution in [3.63, 3.8) is 0 Å². The summed E-state index contributed by atoms with van der Waals surface area (Å²) in [7, 11) is 0. The predicted molar refractivity (Wildman–Crippen MR) is 70.4 cm³/mol. The molecule has 0 aliphatic heterocycles. The van der Waals surface area contributed by atoms with E-state index in [0.717, 1.165) is 0 Å². The Morgan fingerprint density at radius 3 is 2.79 bits per heavy atom. The van der Waals surface area contributed by atoms with Crippen molar-refractivity contribution in [3.05, 3.63) is 50.0 Å². The molecule has 2 aromatic heterocycles. The van der Waals surface area contributed by atoms with Crippen LogP contribution >= 0.6 is 15.9 Å². The van der Waals surface area contributed by atoms with Crippen molar-refractivity contribution in [2.45, 2.75) is 20.4 Å². The molecule has 0 aliphatic carbocycles. The summed E-state index contributed by atoms with van der Waals surface area (Å²) in [6, 6.07) is 1.61. The molecule has 0 saturated carbocycles. The minimum atomic E-state index is -1.12. The van der Waals surface area contributed by atoms with Crippen LogP contribution in [-0.4, -0.2) is 20.6 Å². The molecule has 0 saturated heterocycles. The fraction of sp³-hybridized carbons (Fsp3) is 0.250. The van der Waals surface area contributed by atoms with Gasteiger partial charge in [0.25, 0.3) is 5.56 Å². The van der Waals surface area contributed by atoms with Crippen molar-refractivity contribution >= 4 is 21.9 Å². The number of aromatic nitrogens is 2. The first kappa shape index (κ1) is 13.5. The normalized spacial score (nSPS) is 10.7. The van der Waals surface area contributed by atoms with Crippen molar-refractivity contribution in [2.75, 3.05) is 0 Å². The molecule has 100 valence electrons. The summed E-state index contributed by atoms with van der Waals surface area (Å²) in [6.07, 6.45) is 1.43. The first-order valence-corrected chi connectivity index (χ1v) is 6.24. The number of furan rings is 1. The van der Waals surface area contributed by atoms with E-state index in [4.69, 9.17) is 9.52 Å². The maximum atomic E-state index is 11.9. The monoisotopic (exact) mass is 326 g/mol. The van der Waals surface area contributed by atoms with Crippen molar-refractivity contribution in [1.82, 2.24) is 9.55 Å². The van der Waals surface area contributed by atoms with Gasteiger partial charge in [0, 0.05) is 11.8 Å². The summed E-state index contributed by atoms with van der Waals surface area (Å²) in [5, 5.41) is 8.92. The summed E-state index contributed by atoms with van der Waals surface area (Å²) >= 11 is 3.12. The van der Waals surface area contributed by atoms with Crippen LogP contribution in [0.3, 0.4) is 0 Å². The number of hydrogen-bond acceptors (Lipinski definition) is 4. The molecule has 0 spiro atoms. The maximum absolute atomic E-state index is 11.9. The van der Waals surface area contributed by atoms with Crippen molar-refractivity contribution < 1.29 is 14.3 Å². The molecule has 19 heavy (non-hydrogen) atoms. The lowest BCUT2D eigenvalue weighted by Crippen LogP contribution is -2.24. The number of carbonyl (C=O) groups is 1. The van der Waals surface area contributed by atoms with Crippen LogP contribution in [0.5, 0.6) is 0 Å². The van der Waals surface area contributed by atoms with E-state index < -0.39 is 5.97 Å². The van der Waals surface area contributed by atoms with E-state index in [0.29, 0.717) is 21.6 Å². The number of hydrogen-bond donors (Lipinski definition) is 1. The van der Waals surface area contributed by atoms with Gasteiger partial charge in [-0.1, -0.05) is 0 Å². The zero-order chi connectivity index (χ0) is 14.2. The van der Waals surface area contributed by atoms with Gasteiger partial charge < -0.3 is 9.52 Å². The van der Waals surface area contributed by atoms with Gasteiger partial charge in [-0.05, 0) is 35.8 Å². The Morgan fingerprint density at radius 2 is 2.21 bits per heavy atom. The van der Waals surface area contributed by atoms with E-state index in [-0.39, 0.29) is 17.9 Å². The first-order chi connectivity index (χ1) is 8.90. The summed E-state index contributed by atoms with van der Waals surface area (Å²) in [6.45, 7) is 3.48. The Morgan fingerprint density at radius 1 is 1.53 bits per heavy atom. The lowest BCUT2D eigenvalue weighted by Gasteiger charge is -2.07. The van der Waals surface area contributed by atoms with Crippen LogP contribution in [0, 0.1) is 13.8 Å². The van der Waals surface area contributed by atoms with E-state index in [1.807, 2.05) is 0 Å². The van der Waals surface area contributed by atoms with Gasteiger partial charge in [0.15, 0.2) is 0 Å². The molecule has 0 radical (unpaired) electrons. The SMILES string of the molecule is Cc1cc(Cn2c(C)ncc(Br)c2=O)oc1C(=O)O. The summed E-state index contributed by atoms with van der Waals surface area (Å²) < 4.78 is 6.99. The number of aryl methyl sites for hydroxylation is 2. The highest BCUT2D eigenvalue weighted by Crippen LogP contribution is 2.16. The zero-order valence-electron chi connectivity index (χ0n) is 10.3. The molecule has 0 fully saturated rings. The third-order valence-corrected chi connectivity index (χ3v) is 3.23. The van der Waals surface area contributed by atoms with Crippen molar-refractivity contribution in [2.24, 2.45) is 0 Å². The highest BCUT2D eigenvalue weighted by atomic mass is 79.9. The molecule has 0 aromatic carbocycles. The average molecular weight is 327 g/mol. The zero-order valence-corrected chi connectivity index (χ0v) is 11.9. The topological polar surface area (TPSA) is 85.3 Å². The van der Waals surface area contributed by atoms with Crippen LogP contribution in [0.25, 0.3) is 0 Å². The molecular weight excluding hydrogens is 316 g/mol. The Bertz CT molecular complexity index is 702. The highest BCUT2D eigenvalue weighted by molar-refractivity contribution is 9.10. The number of halogens is 1. The molecule has 6 nitrogen and oxygen atoms in total. The Kier molecular flexibility index (Phi) is 3.57. The molecule has 0 aliphatic rings. The summed E-state index contributed by atoms with van der Waals surface area (Å²) in [5.41, 5.74) is 0.287. The lowest BCUT2D eigenvalue weighted by atomic mass is 10.2. The molecule has 0 atom stereocenters. The molecule has 2 heterocycles. The second-order valence-electron chi connectivity index (χ2n) is 4.07. The van der Waals surface area contributed by atoms with Crippen molar-refractivity contribution in [1.29, 1.82) is 0 Å². The quantitative estimate of drug-likeness (QED) is 0.931. The first-order valence-electron chi connectivity index (χ1n) is 5.44. The minimum Gasteiger partial charge on any atom is -0.475 e. The van der Waals surface area contributed by atoms with E-state index in [1.54, 1.807) is 19.9 Å². The fourth-order valence-electron chi connectivity index (χ4n) is 1.73. The molecule has 7 heteroatoms. The fourth-order valence-corrected chi connectivity index (χ4v) is 2.05. The van der Waals surface area contributed by atoms with Gasteiger partial charge in [-0.25, -0.2) is 9.78 Å². The summed E-state index contributed by atoms with van der Waals surface area (Å²) in [5.74, 6) is -0.303. The van der Waals surface area contributed by atoms with E-state index in [9.17, 15) is 9.59 Å². The van der Waals surface area contributed by atoms with Gasteiger partial charge in [-0.2, -0.15) is 0 Å². The Balaban J connectivity index is 2.42. The number of aromatic carboxylic acids is 1. The number of carboxylic acid groups (broad SMARTS) is 1. The van der Waals surface area contributed by atoms with Gasteiger partial charge in [-0.3, -0.25) is 9.36 Å². The molecule has 0 bridgehead atoms. The van der Waals surface area contributed by atoms with Crippen LogP contribution in [0.1, 0.15) is 27.7 Å². The number of carboxylic acids is 1. The molecule has 2 rings (SSSR count). The number of nitrogens with zero attached hydrogens (tertiary/aromatic N) is 2. The average Bonchev–Trinajstić information content (AvgIpc) is 2.71. The van der Waals surface area contributed by atoms with Crippen LogP contribution in [-0.2, 0) is 6.54 Å². The molecule has 1 N–H and O–H groups in total. The molecule has 0 unspecified atom stereocenters. The maximum Gasteiger partial charge on any atom is 0.372 e. The van der Waals surface area contributed by atoms with E-state index >= 15 is 0 Å². The Labute approximate surface area is 116 Å². The van der Waals surface area contributed by atoms with E-state index in [2.05, 4.69) is 20.9 Å². The smallest absolute Gasteiger partial charge is 0.372 e. The van der Waals surface area contributed by atoms with Gasteiger partial charge >= 0.3 is 5.97 Å². The molecule has 0 amide bonds. The van der Waals surface area contributed by atoms with Crippen molar-refractivity contribution in [3.8, 4) is 0 Å². The van der Waals surface area contributed by atoms with Crippen LogP contribution < -0.4 is 5.56 Å². The van der Waals surface area contributed by atoms with Crippen LogP contribution in [0.4, 0.5) is 0 Å². The third-order valence-electron chi connectivity index (χ3n) is 2.68. The standard InChI is InChI=1S/C12H11BrN2O4/c1-6-3-8(19-10(6)12(17)18)5-15-7(2)14-4-9(13)11(15)16/h3-4H,5H2,1-2H3,(H,17,18). The number of rotatable bonds is 3. The van der Waals surface area contributed by atoms with Gasteiger partial charge in [0.05, 0.1) is 6.54 Å². The summed E-state index contributed by atoms with van der Waals surface area (Å²) in [4.78, 5) is 26.9. The predicted octanol–water partition coefficient (Wildman–Crippen LogP) is 1.96. The third kappa shape index (κ3) is 2.60. The Hall–Kier alpha value is -1.89. The second-order valence-corrected chi connectivity index (χ2v) is 4.93. The molecular formula is C12H11BrN2O4. The van der Waals surface area contributed by atoms with Crippen LogP contribution in [0.15, 0.2) is 25.9 Å². The largest absolute Gasteiger partial charge is 0.475 e. The van der Waals surface area contributed by atoms with Gasteiger partial charge in [-0.15, -0.1) is 0 Å². The molecule has 2 aromatic rings. The highest BCUT2D eigenvalue weighted by Gasteiger charge is 2.15. The van der Waals surface area contributed by atoms with Crippen LogP contribution in [0.2, 0.25) is 0 Å². The van der Waals surface area contributed by atoms with Gasteiger partial charge in [0.2, 0.25) is 5.76 Å². The van der Waals surface area contributed by atoms with Gasteiger partial charge in [0.1, 0.15) is 16.1 Å². The van der Waals surface area contributed by atoms with E-state index in [1.165, 1.54) is 10.8 Å². The lowest BCUT2D eigenvalue weighted by molar-refractivity contribution is 0.0659. The minimum absolute atomic E-state index is 0.108.